The first-order valence-electron chi connectivity index (χ1n) is 6.70. The van der Waals surface area contributed by atoms with Crippen molar-refractivity contribution in [2.45, 2.75) is 45.8 Å². The molecule has 110 valence electrons. The van der Waals surface area contributed by atoms with Crippen LogP contribution in [0.5, 0.6) is 5.75 Å². The molecule has 0 aliphatic heterocycles. The third kappa shape index (κ3) is 4.53. The molecule has 0 saturated carbocycles. The number of rotatable bonds is 7. The van der Waals surface area contributed by atoms with Gasteiger partial charge in [-0.3, -0.25) is 9.59 Å². The number of nitrogens with one attached hydrogen (secondary N) is 1. The molecule has 1 aromatic rings. The van der Waals surface area contributed by atoms with Crippen molar-refractivity contribution >= 4 is 23.8 Å². The largest absolute Gasteiger partial charge is 0.479 e. The molecule has 20 heavy (non-hydrogen) atoms. The fourth-order valence-electron chi connectivity index (χ4n) is 1.84. The molecule has 2 atom stereocenters. The van der Waals surface area contributed by atoms with Crippen LogP contribution in [0.4, 0.5) is 0 Å². The monoisotopic (exact) mass is 297 g/mol. The van der Waals surface area contributed by atoms with E-state index in [2.05, 4.69) is 12.2 Å². The maximum Gasteiger partial charge on any atom is 0.260 e. The van der Waals surface area contributed by atoms with Gasteiger partial charge >= 0.3 is 0 Å². The molecule has 4 nitrogen and oxygen atoms in total. The summed E-state index contributed by atoms with van der Waals surface area (Å²) < 4.78 is 5.53. The number of ether oxygens (including phenoxy) is 1. The standard InChI is InChI=1S/C15H20ClNO3/c1-4-6-10(2)17-15(19)11(3)20-14-12(9-18)7-5-8-13(14)16/h5,7-11H,4,6H2,1-3H3,(H,17,19). The molecular formula is C15H20ClNO3. The van der Waals surface area contributed by atoms with Crippen LogP contribution in [0.1, 0.15) is 44.0 Å². The van der Waals surface area contributed by atoms with E-state index in [1.165, 1.54) is 0 Å². The van der Waals surface area contributed by atoms with Gasteiger partial charge in [0.1, 0.15) is 5.75 Å². The maximum absolute atomic E-state index is 12.0. The van der Waals surface area contributed by atoms with Gasteiger partial charge in [0.2, 0.25) is 0 Å². The smallest absolute Gasteiger partial charge is 0.260 e. The average Bonchev–Trinajstić information content (AvgIpc) is 2.41. The summed E-state index contributed by atoms with van der Waals surface area (Å²) in [4.78, 5) is 22.9. The second-order valence-electron chi connectivity index (χ2n) is 4.73. The van der Waals surface area contributed by atoms with Crippen LogP contribution in [0.2, 0.25) is 5.02 Å². The molecule has 0 saturated heterocycles. The first-order valence-corrected chi connectivity index (χ1v) is 7.08. The van der Waals surface area contributed by atoms with Crippen molar-refractivity contribution < 1.29 is 14.3 Å². The second-order valence-corrected chi connectivity index (χ2v) is 5.14. The Morgan fingerprint density at radius 1 is 1.45 bits per heavy atom. The van der Waals surface area contributed by atoms with Gasteiger partial charge in [-0.05, 0) is 32.4 Å². The highest BCUT2D eigenvalue weighted by atomic mass is 35.5. The van der Waals surface area contributed by atoms with Gasteiger partial charge in [0.15, 0.2) is 12.4 Å². The van der Waals surface area contributed by atoms with E-state index in [1.54, 1.807) is 25.1 Å². The van der Waals surface area contributed by atoms with Gasteiger partial charge < -0.3 is 10.1 Å². The number of halogens is 1. The molecule has 1 aromatic carbocycles. The van der Waals surface area contributed by atoms with E-state index in [-0.39, 0.29) is 17.7 Å². The van der Waals surface area contributed by atoms with Crippen molar-refractivity contribution in [2.75, 3.05) is 0 Å². The topological polar surface area (TPSA) is 55.4 Å². The van der Waals surface area contributed by atoms with Crippen molar-refractivity contribution in [3.05, 3.63) is 28.8 Å². The number of amides is 1. The van der Waals surface area contributed by atoms with Gasteiger partial charge in [-0.1, -0.05) is 31.0 Å². The third-order valence-electron chi connectivity index (χ3n) is 2.90. The zero-order valence-electron chi connectivity index (χ0n) is 12.0. The third-order valence-corrected chi connectivity index (χ3v) is 3.20. The number of carbonyl (C=O) groups is 2. The molecule has 0 aliphatic carbocycles. The van der Waals surface area contributed by atoms with Gasteiger partial charge in [-0.25, -0.2) is 0 Å². The predicted octanol–water partition coefficient (Wildman–Crippen LogP) is 3.22. The van der Waals surface area contributed by atoms with E-state index in [0.29, 0.717) is 16.9 Å². The lowest BCUT2D eigenvalue weighted by Gasteiger charge is -2.19. The number of para-hydroxylation sites is 1. The summed E-state index contributed by atoms with van der Waals surface area (Å²) in [6.07, 6.45) is 1.85. The lowest BCUT2D eigenvalue weighted by molar-refractivity contribution is -0.127. The Hall–Kier alpha value is -1.55. The van der Waals surface area contributed by atoms with Crippen molar-refractivity contribution in [3.8, 4) is 5.75 Å². The normalized spacial score (nSPS) is 13.4. The van der Waals surface area contributed by atoms with Gasteiger partial charge in [-0.2, -0.15) is 0 Å². The molecule has 1 rings (SSSR count). The van der Waals surface area contributed by atoms with Crippen molar-refractivity contribution in [2.24, 2.45) is 0 Å². The number of carbonyl (C=O) groups excluding carboxylic acids is 2. The van der Waals surface area contributed by atoms with Gasteiger partial charge in [0.25, 0.3) is 5.91 Å². The van der Waals surface area contributed by atoms with E-state index >= 15 is 0 Å². The molecule has 0 fully saturated rings. The second kappa shape index (κ2) is 7.90. The minimum Gasteiger partial charge on any atom is -0.479 e. The summed E-state index contributed by atoms with van der Waals surface area (Å²) in [6, 6.07) is 4.97. The van der Waals surface area contributed by atoms with Gasteiger partial charge in [0, 0.05) is 6.04 Å². The SMILES string of the molecule is CCCC(C)NC(=O)C(C)Oc1c(Cl)cccc1C=O. The zero-order valence-corrected chi connectivity index (χ0v) is 12.7. The zero-order chi connectivity index (χ0) is 15.1. The fraction of sp³-hybridized carbons (Fsp3) is 0.467. The number of hydrogen-bond acceptors (Lipinski definition) is 3. The van der Waals surface area contributed by atoms with Crippen molar-refractivity contribution in [1.29, 1.82) is 0 Å². The predicted molar refractivity (Wildman–Crippen MR) is 79.4 cm³/mol. The molecule has 0 aliphatic rings. The minimum atomic E-state index is -0.715. The summed E-state index contributed by atoms with van der Waals surface area (Å²) in [5.74, 6) is 0.0256. The van der Waals surface area contributed by atoms with Crippen LogP contribution in [-0.2, 0) is 4.79 Å². The Labute approximate surface area is 124 Å². The number of aldehydes is 1. The quantitative estimate of drug-likeness (QED) is 0.786. The summed E-state index contributed by atoms with van der Waals surface area (Å²) in [5, 5.41) is 3.18. The molecule has 5 heteroatoms. The fourth-order valence-corrected chi connectivity index (χ4v) is 2.06. The van der Waals surface area contributed by atoms with Crippen molar-refractivity contribution in [3.63, 3.8) is 0 Å². The Balaban J connectivity index is 2.73. The summed E-state index contributed by atoms with van der Waals surface area (Å²) in [7, 11) is 0. The van der Waals surface area contributed by atoms with Crippen LogP contribution in [0.15, 0.2) is 18.2 Å². The lowest BCUT2D eigenvalue weighted by Crippen LogP contribution is -2.41. The summed E-state index contributed by atoms with van der Waals surface area (Å²) in [5.41, 5.74) is 0.332. The van der Waals surface area contributed by atoms with E-state index < -0.39 is 6.10 Å². The molecule has 0 aromatic heterocycles. The van der Waals surface area contributed by atoms with E-state index in [1.807, 2.05) is 6.92 Å². The number of benzene rings is 1. The molecule has 0 bridgehead atoms. The molecule has 0 radical (unpaired) electrons. The van der Waals surface area contributed by atoms with Crippen LogP contribution in [0.3, 0.4) is 0 Å². The Kier molecular flexibility index (Phi) is 6.52. The Morgan fingerprint density at radius 3 is 2.75 bits per heavy atom. The summed E-state index contributed by atoms with van der Waals surface area (Å²) >= 11 is 6.00. The van der Waals surface area contributed by atoms with Crippen molar-refractivity contribution in [1.82, 2.24) is 5.32 Å². The van der Waals surface area contributed by atoms with Gasteiger partial charge in [0.05, 0.1) is 10.6 Å². The highest BCUT2D eigenvalue weighted by Crippen LogP contribution is 2.28. The lowest BCUT2D eigenvalue weighted by atomic mass is 10.2. The van der Waals surface area contributed by atoms with Gasteiger partial charge in [-0.15, -0.1) is 0 Å². The first-order chi connectivity index (χ1) is 9.49. The van der Waals surface area contributed by atoms with Crippen LogP contribution in [0, 0.1) is 0 Å². The molecule has 1 amide bonds. The molecule has 0 heterocycles. The van der Waals surface area contributed by atoms with E-state index in [9.17, 15) is 9.59 Å². The van der Waals surface area contributed by atoms with Crippen LogP contribution in [0.25, 0.3) is 0 Å². The molecular weight excluding hydrogens is 278 g/mol. The van der Waals surface area contributed by atoms with E-state index in [4.69, 9.17) is 16.3 Å². The van der Waals surface area contributed by atoms with Crippen LogP contribution >= 0.6 is 11.6 Å². The minimum absolute atomic E-state index is 0.0929. The molecule has 0 spiro atoms. The summed E-state index contributed by atoms with van der Waals surface area (Å²) in [6.45, 7) is 5.63. The first kappa shape index (κ1) is 16.5. The highest BCUT2D eigenvalue weighted by molar-refractivity contribution is 6.32. The molecule has 1 N–H and O–H groups in total. The Morgan fingerprint density at radius 2 is 2.15 bits per heavy atom. The van der Waals surface area contributed by atoms with Crippen LogP contribution in [-0.4, -0.2) is 24.3 Å². The number of hydrogen-bond donors (Lipinski definition) is 1. The highest BCUT2D eigenvalue weighted by Gasteiger charge is 2.19. The average molecular weight is 298 g/mol. The van der Waals surface area contributed by atoms with E-state index in [0.717, 1.165) is 12.8 Å². The molecule has 2 unspecified atom stereocenters. The van der Waals surface area contributed by atoms with Crippen LogP contribution < -0.4 is 10.1 Å². The Bertz CT molecular complexity index is 476. The maximum atomic E-state index is 12.0.